The van der Waals surface area contributed by atoms with E-state index in [9.17, 15) is 9.59 Å². The zero-order chi connectivity index (χ0) is 17.3. The van der Waals surface area contributed by atoms with Crippen LogP contribution in [0.3, 0.4) is 0 Å². The van der Waals surface area contributed by atoms with E-state index in [0.717, 1.165) is 42.3 Å². The normalized spacial score (nSPS) is 17.2. The van der Waals surface area contributed by atoms with E-state index in [2.05, 4.69) is 17.2 Å². The van der Waals surface area contributed by atoms with E-state index in [1.54, 1.807) is 11.3 Å². The summed E-state index contributed by atoms with van der Waals surface area (Å²) in [5, 5.41) is 3.71. The number of aromatic nitrogens is 2. The van der Waals surface area contributed by atoms with Crippen LogP contribution in [-0.4, -0.2) is 21.5 Å². The van der Waals surface area contributed by atoms with Crippen LogP contribution in [-0.2, 0) is 24.2 Å². The Morgan fingerprint density at radius 3 is 2.92 bits per heavy atom. The minimum atomic E-state index is -0.121. The molecule has 24 heavy (non-hydrogen) atoms. The third-order valence-corrected chi connectivity index (χ3v) is 6.11. The summed E-state index contributed by atoms with van der Waals surface area (Å²) in [7, 11) is 0. The molecule has 2 heterocycles. The Morgan fingerprint density at radius 1 is 1.46 bits per heavy atom. The van der Waals surface area contributed by atoms with Gasteiger partial charge in [-0.3, -0.25) is 14.2 Å². The van der Waals surface area contributed by atoms with Crippen LogP contribution in [0.25, 0.3) is 10.2 Å². The summed E-state index contributed by atoms with van der Waals surface area (Å²) in [6.07, 6.45) is 6.39. The predicted octanol–water partition coefficient (Wildman–Crippen LogP) is 2.89. The summed E-state index contributed by atoms with van der Waals surface area (Å²) in [6.45, 7) is 6.39. The minimum absolute atomic E-state index is 0.0410. The van der Waals surface area contributed by atoms with Crippen molar-refractivity contribution >= 4 is 27.5 Å². The highest BCUT2D eigenvalue weighted by Gasteiger charge is 2.23. The van der Waals surface area contributed by atoms with Crippen molar-refractivity contribution in [3.63, 3.8) is 0 Å². The Morgan fingerprint density at radius 2 is 2.21 bits per heavy atom. The van der Waals surface area contributed by atoms with Crippen LogP contribution < -0.4 is 10.9 Å². The Hall–Kier alpha value is -1.69. The maximum absolute atomic E-state index is 12.9. The van der Waals surface area contributed by atoms with E-state index in [0.29, 0.717) is 5.92 Å². The first-order valence-corrected chi connectivity index (χ1v) is 9.64. The fourth-order valence-electron chi connectivity index (χ4n) is 3.40. The number of hydrogen-bond acceptors (Lipinski definition) is 4. The molecule has 1 aliphatic carbocycles. The molecule has 0 aromatic carbocycles. The van der Waals surface area contributed by atoms with Crippen molar-refractivity contribution in [2.45, 2.75) is 65.5 Å². The number of nitrogens with zero attached hydrogens (tertiary/aromatic N) is 2. The number of fused-ring (bicyclic) bond motifs is 3. The molecule has 1 N–H and O–H groups in total. The van der Waals surface area contributed by atoms with E-state index in [1.165, 1.54) is 21.3 Å². The van der Waals surface area contributed by atoms with Gasteiger partial charge in [-0.1, -0.05) is 20.8 Å². The summed E-state index contributed by atoms with van der Waals surface area (Å²) < 4.78 is 1.45. The number of rotatable bonds is 5. The van der Waals surface area contributed by atoms with E-state index < -0.39 is 0 Å². The Labute approximate surface area is 146 Å². The van der Waals surface area contributed by atoms with Gasteiger partial charge in [-0.2, -0.15) is 0 Å². The fraction of sp³-hybridized carbons (Fsp3) is 0.611. The molecule has 0 aliphatic heterocycles. The molecule has 5 nitrogen and oxygen atoms in total. The highest BCUT2D eigenvalue weighted by atomic mass is 32.1. The monoisotopic (exact) mass is 347 g/mol. The largest absolute Gasteiger partial charge is 0.352 e. The standard InChI is InChI=1S/C18H25N3O2S/c1-4-12(5-2)20-15(22)9-21-10-19-17-16(18(21)23)13-7-6-11(3)8-14(13)24-17/h10-12H,4-9H2,1-3H3,(H,20,22)/t11-/m0/s1. The van der Waals surface area contributed by atoms with Crippen LogP contribution in [0.5, 0.6) is 0 Å². The third-order valence-electron chi connectivity index (χ3n) is 4.95. The Bertz CT molecular complexity index is 804. The van der Waals surface area contributed by atoms with Gasteiger partial charge in [0, 0.05) is 10.9 Å². The number of amides is 1. The molecule has 0 saturated heterocycles. The Kier molecular flexibility index (Phi) is 5.04. The first kappa shape index (κ1) is 17.1. The Balaban J connectivity index is 1.89. The van der Waals surface area contributed by atoms with Crippen LogP contribution in [0.2, 0.25) is 0 Å². The number of hydrogen-bond donors (Lipinski definition) is 1. The molecule has 1 atom stereocenters. The molecule has 3 rings (SSSR count). The maximum atomic E-state index is 12.9. The molecule has 130 valence electrons. The van der Waals surface area contributed by atoms with Gasteiger partial charge in [0.2, 0.25) is 5.91 Å². The molecule has 1 amide bonds. The van der Waals surface area contributed by atoms with Crippen molar-refractivity contribution in [3.05, 3.63) is 27.1 Å². The highest BCUT2D eigenvalue weighted by molar-refractivity contribution is 7.18. The molecule has 2 aromatic rings. The third kappa shape index (κ3) is 3.24. The lowest BCUT2D eigenvalue weighted by Gasteiger charge is -2.17. The second kappa shape index (κ2) is 7.05. The SMILES string of the molecule is CCC(CC)NC(=O)Cn1cnc2sc3c(c2c1=O)CC[C@H](C)C3. The molecule has 0 spiro atoms. The van der Waals surface area contributed by atoms with Crippen molar-refractivity contribution in [2.75, 3.05) is 0 Å². The van der Waals surface area contributed by atoms with Gasteiger partial charge < -0.3 is 5.32 Å². The molecule has 2 aromatic heterocycles. The van der Waals surface area contributed by atoms with Crippen LogP contribution in [0.15, 0.2) is 11.1 Å². The van der Waals surface area contributed by atoms with Gasteiger partial charge in [-0.25, -0.2) is 4.98 Å². The summed E-state index contributed by atoms with van der Waals surface area (Å²) in [5.74, 6) is 0.545. The number of nitrogens with one attached hydrogen (secondary N) is 1. The molecule has 0 fully saturated rings. The highest BCUT2D eigenvalue weighted by Crippen LogP contribution is 2.35. The van der Waals surface area contributed by atoms with Crippen LogP contribution in [0.1, 0.15) is 50.5 Å². The average Bonchev–Trinajstić information content (AvgIpc) is 2.93. The lowest BCUT2D eigenvalue weighted by molar-refractivity contribution is -0.122. The molecular weight excluding hydrogens is 322 g/mol. The number of carbonyl (C=O) groups is 1. The smallest absolute Gasteiger partial charge is 0.262 e. The summed E-state index contributed by atoms with van der Waals surface area (Å²) in [5.41, 5.74) is 1.09. The van der Waals surface area contributed by atoms with Gasteiger partial charge in [0.25, 0.3) is 5.56 Å². The first-order chi connectivity index (χ1) is 11.5. The van der Waals surface area contributed by atoms with Crippen LogP contribution in [0, 0.1) is 5.92 Å². The van der Waals surface area contributed by atoms with Crippen molar-refractivity contribution in [3.8, 4) is 0 Å². The van der Waals surface area contributed by atoms with E-state index in [1.807, 2.05) is 13.8 Å². The summed E-state index contributed by atoms with van der Waals surface area (Å²) in [4.78, 5) is 31.6. The van der Waals surface area contributed by atoms with E-state index in [4.69, 9.17) is 0 Å². The molecule has 0 unspecified atom stereocenters. The fourth-order valence-corrected chi connectivity index (χ4v) is 4.74. The van der Waals surface area contributed by atoms with Crippen LogP contribution in [0.4, 0.5) is 0 Å². The summed E-state index contributed by atoms with van der Waals surface area (Å²) >= 11 is 1.64. The van der Waals surface area contributed by atoms with E-state index >= 15 is 0 Å². The van der Waals surface area contributed by atoms with Gasteiger partial charge in [-0.05, 0) is 43.6 Å². The molecule has 0 radical (unpaired) electrons. The van der Waals surface area contributed by atoms with Gasteiger partial charge in [0.15, 0.2) is 0 Å². The van der Waals surface area contributed by atoms with Gasteiger partial charge in [0.1, 0.15) is 11.4 Å². The van der Waals surface area contributed by atoms with E-state index in [-0.39, 0.29) is 24.1 Å². The average molecular weight is 347 g/mol. The van der Waals surface area contributed by atoms with Crippen molar-refractivity contribution in [1.29, 1.82) is 0 Å². The van der Waals surface area contributed by atoms with Gasteiger partial charge in [-0.15, -0.1) is 11.3 Å². The van der Waals surface area contributed by atoms with Crippen molar-refractivity contribution < 1.29 is 4.79 Å². The molecular formula is C18H25N3O2S. The number of thiophene rings is 1. The minimum Gasteiger partial charge on any atom is -0.352 e. The van der Waals surface area contributed by atoms with Crippen molar-refractivity contribution in [1.82, 2.24) is 14.9 Å². The second-order valence-electron chi connectivity index (χ2n) is 6.79. The molecule has 0 saturated carbocycles. The number of carbonyl (C=O) groups excluding carboxylic acids is 1. The zero-order valence-corrected chi connectivity index (χ0v) is 15.4. The molecule has 0 bridgehead atoms. The maximum Gasteiger partial charge on any atom is 0.262 e. The quantitative estimate of drug-likeness (QED) is 0.904. The van der Waals surface area contributed by atoms with Crippen molar-refractivity contribution in [2.24, 2.45) is 5.92 Å². The lowest BCUT2D eigenvalue weighted by Crippen LogP contribution is -2.38. The summed E-state index contributed by atoms with van der Waals surface area (Å²) in [6, 6.07) is 0.167. The number of aryl methyl sites for hydroxylation is 1. The molecule has 6 heteroatoms. The predicted molar refractivity (Wildman–Crippen MR) is 97.6 cm³/mol. The zero-order valence-electron chi connectivity index (χ0n) is 14.6. The van der Waals surface area contributed by atoms with Gasteiger partial charge in [0.05, 0.1) is 11.7 Å². The molecule has 1 aliphatic rings. The second-order valence-corrected chi connectivity index (χ2v) is 7.87. The first-order valence-electron chi connectivity index (χ1n) is 8.82. The van der Waals surface area contributed by atoms with Crippen LogP contribution >= 0.6 is 11.3 Å². The lowest BCUT2D eigenvalue weighted by atomic mass is 9.89. The topological polar surface area (TPSA) is 64.0 Å². The van der Waals surface area contributed by atoms with Gasteiger partial charge >= 0.3 is 0 Å².